The summed E-state index contributed by atoms with van der Waals surface area (Å²) in [5.74, 6) is -1.41. The van der Waals surface area contributed by atoms with Crippen molar-refractivity contribution in [1.29, 1.82) is 0 Å². The van der Waals surface area contributed by atoms with Gasteiger partial charge in [0.1, 0.15) is 24.2 Å². The van der Waals surface area contributed by atoms with Crippen molar-refractivity contribution in [2.75, 3.05) is 25.7 Å². The molecular weight excluding hydrogens is 470 g/mol. The average Bonchev–Trinajstić information content (AvgIpc) is 2.78. The van der Waals surface area contributed by atoms with Crippen molar-refractivity contribution in [3.63, 3.8) is 0 Å². The van der Waals surface area contributed by atoms with E-state index in [-0.39, 0.29) is 6.42 Å². The van der Waals surface area contributed by atoms with Crippen LogP contribution in [0.2, 0.25) is 0 Å². The number of benzene rings is 1. The minimum absolute atomic E-state index is 0.265. The largest absolute Gasteiger partial charge is 0.468 e. The van der Waals surface area contributed by atoms with Gasteiger partial charge in [-0.2, -0.15) is 11.8 Å². The molecular formula is C25H35N3O6S. The van der Waals surface area contributed by atoms with Crippen LogP contribution in [0.25, 0.3) is 0 Å². The Morgan fingerprint density at radius 2 is 1.86 bits per heavy atom. The molecule has 192 valence electrons. The average molecular weight is 506 g/mol. The van der Waals surface area contributed by atoms with Crippen LogP contribution in [0, 0.1) is 26.3 Å². The van der Waals surface area contributed by atoms with Gasteiger partial charge >= 0.3 is 12.1 Å². The van der Waals surface area contributed by atoms with Gasteiger partial charge in [-0.25, -0.2) is 4.79 Å². The van der Waals surface area contributed by atoms with Crippen molar-refractivity contribution in [2.45, 2.75) is 58.7 Å². The van der Waals surface area contributed by atoms with Gasteiger partial charge in [0.25, 0.3) is 5.91 Å². The van der Waals surface area contributed by atoms with Gasteiger partial charge in [-0.15, -0.1) is 0 Å². The number of carbonyl (C=O) groups excluding carboxylic acids is 4. The fourth-order valence-corrected chi connectivity index (χ4v) is 3.64. The standard InChI is InChI=1S/C25H35N3O6S/c1-9-28(23(31)19(13-14-35-8)27-24(32)34-25(4,5)6)21(22(30)26-15-20(29)33-7)18-12-10-11-16(2)17(18)3/h1,10-12,19,21H,13-15H2,2-8H3,(H,26,30)(H,27,32). The highest BCUT2D eigenvalue weighted by Gasteiger charge is 2.36. The van der Waals surface area contributed by atoms with E-state index in [9.17, 15) is 19.2 Å². The number of aryl methyl sites for hydroxylation is 1. The second kappa shape index (κ2) is 13.6. The van der Waals surface area contributed by atoms with Gasteiger partial charge in [-0.3, -0.25) is 19.3 Å². The lowest BCUT2D eigenvalue weighted by Crippen LogP contribution is -2.52. The molecule has 0 heterocycles. The number of nitrogens with zero attached hydrogens (tertiary/aromatic N) is 1. The first-order valence-electron chi connectivity index (χ1n) is 11.0. The van der Waals surface area contributed by atoms with Crippen LogP contribution in [0.4, 0.5) is 4.79 Å². The highest BCUT2D eigenvalue weighted by Crippen LogP contribution is 2.27. The molecule has 1 aromatic carbocycles. The summed E-state index contributed by atoms with van der Waals surface area (Å²) in [5, 5.41) is 5.07. The van der Waals surface area contributed by atoms with Crippen molar-refractivity contribution in [3.8, 4) is 12.5 Å². The van der Waals surface area contributed by atoms with Crippen LogP contribution in [0.1, 0.15) is 49.9 Å². The van der Waals surface area contributed by atoms with Gasteiger partial charge in [0.05, 0.1) is 7.11 Å². The molecule has 1 rings (SSSR count). The van der Waals surface area contributed by atoms with Crippen LogP contribution in [0.15, 0.2) is 18.2 Å². The minimum atomic E-state index is -1.24. The lowest BCUT2D eigenvalue weighted by Gasteiger charge is -2.31. The zero-order chi connectivity index (χ0) is 26.8. The second-order valence-corrected chi connectivity index (χ2v) is 9.79. The van der Waals surface area contributed by atoms with E-state index in [2.05, 4.69) is 21.4 Å². The molecule has 3 amide bonds. The molecule has 0 fully saturated rings. The Balaban J connectivity index is 3.42. The van der Waals surface area contributed by atoms with Crippen molar-refractivity contribution >= 4 is 35.6 Å². The Bertz CT molecular complexity index is 967. The summed E-state index contributed by atoms with van der Waals surface area (Å²) in [4.78, 5) is 51.9. The molecule has 10 heteroatoms. The molecule has 1 aromatic rings. The highest BCUT2D eigenvalue weighted by molar-refractivity contribution is 7.98. The van der Waals surface area contributed by atoms with E-state index in [0.29, 0.717) is 11.3 Å². The van der Waals surface area contributed by atoms with Crippen LogP contribution in [-0.4, -0.2) is 66.1 Å². The minimum Gasteiger partial charge on any atom is -0.468 e. The quantitative estimate of drug-likeness (QED) is 0.285. The topological polar surface area (TPSA) is 114 Å². The van der Waals surface area contributed by atoms with E-state index in [0.717, 1.165) is 16.0 Å². The number of hydrogen-bond acceptors (Lipinski definition) is 7. The van der Waals surface area contributed by atoms with Crippen LogP contribution in [0.5, 0.6) is 0 Å². The summed E-state index contributed by atoms with van der Waals surface area (Å²) in [6.45, 7) is 8.42. The predicted octanol–water partition coefficient (Wildman–Crippen LogP) is 2.70. The fourth-order valence-electron chi connectivity index (χ4n) is 3.17. The lowest BCUT2D eigenvalue weighted by molar-refractivity contribution is -0.142. The van der Waals surface area contributed by atoms with Crippen molar-refractivity contribution in [3.05, 3.63) is 34.9 Å². The summed E-state index contributed by atoms with van der Waals surface area (Å²) in [7, 11) is 1.20. The number of methoxy groups -OCH3 is 1. The predicted molar refractivity (Wildman–Crippen MR) is 136 cm³/mol. The molecule has 2 atom stereocenters. The molecule has 0 aliphatic heterocycles. The first-order chi connectivity index (χ1) is 16.4. The van der Waals surface area contributed by atoms with Crippen LogP contribution in [0.3, 0.4) is 0 Å². The third-order valence-electron chi connectivity index (χ3n) is 5.06. The normalized spacial score (nSPS) is 12.5. The van der Waals surface area contributed by atoms with Crippen molar-refractivity contribution in [1.82, 2.24) is 15.5 Å². The van der Waals surface area contributed by atoms with E-state index in [1.54, 1.807) is 32.9 Å². The lowest BCUT2D eigenvalue weighted by atomic mass is 9.95. The summed E-state index contributed by atoms with van der Waals surface area (Å²) in [5.41, 5.74) is 1.39. The molecule has 0 spiro atoms. The molecule has 2 N–H and O–H groups in total. The van der Waals surface area contributed by atoms with Gasteiger partial charge in [-0.1, -0.05) is 24.6 Å². The number of carbonyl (C=O) groups is 4. The maximum atomic E-state index is 13.6. The molecule has 35 heavy (non-hydrogen) atoms. The summed E-state index contributed by atoms with van der Waals surface area (Å²) < 4.78 is 9.90. The van der Waals surface area contributed by atoms with Crippen molar-refractivity contribution < 1.29 is 28.7 Å². The van der Waals surface area contributed by atoms with Gasteiger partial charge in [0.15, 0.2) is 0 Å². The monoisotopic (exact) mass is 505 g/mol. The Hall–Kier alpha value is -3.19. The van der Waals surface area contributed by atoms with E-state index in [4.69, 9.17) is 11.2 Å². The third-order valence-corrected chi connectivity index (χ3v) is 5.70. The zero-order valence-corrected chi connectivity index (χ0v) is 22.2. The van der Waals surface area contributed by atoms with Gasteiger partial charge in [0, 0.05) is 6.04 Å². The SMILES string of the molecule is C#CN(C(=O)C(CCSC)NC(=O)OC(C)(C)C)C(C(=O)NCC(=O)OC)c1cccc(C)c1C. The highest BCUT2D eigenvalue weighted by atomic mass is 32.2. The number of thioether (sulfide) groups is 1. The van der Waals surface area contributed by atoms with E-state index >= 15 is 0 Å². The first-order valence-corrected chi connectivity index (χ1v) is 12.4. The molecule has 2 unspecified atom stereocenters. The number of rotatable bonds is 10. The number of hydrogen-bond donors (Lipinski definition) is 2. The van der Waals surface area contributed by atoms with Gasteiger partial charge in [-0.05, 0) is 69.7 Å². The molecule has 0 aliphatic rings. The molecule has 0 saturated carbocycles. The summed E-state index contributed by atoms with van der Waals surface area (Å²) in [6, 6.07) is 5.36. The number of terminal acetylenes is 1. The maximum Gasteiger partial charge on any atom is 0.408 e. The first kappa shape index (κ1) is 29.8. The Morgan fingerprint density at radius 1 is 1.20 bits per heavy atom. The van der Waals surface area contributed by atoms with Crippen LogP contribution < -0.4 is 10.6 Å². The Labute approximate surface area is 211 Å². The smallest absolute Gasteiger partial charge is 0.408 e. The molecule has 0 bridgehead atoms. The number of alkyl carbamates (subject to hydrolysis) is 1. The molecule has 0 aromatic heterocycles. The third kappa shape index (κ3) is 9.17. The maximum absolute atomic E-state index is 13.6. The molecule has 0 saturated heterocycles. The van der Waals surface area contributed by atoms with E-state index in [1.165, 1.54) is 18.9 Å². The second-order valence-electron chi connectivity index (χ2n) is 8.80. The summed E-state index contributed by atoms with van der Waals surface area (Å²) in [6.07, 6.45) is 7.12. The number of amides is 3. The Morgan fingerprint density at radius 3 is 2.40 bits per heavy atom. The fraction of sp³-hybridized carbons (Fsp3) is 0.520. The van der Waals surface area contributed by atoms with E-state index in [1.807, 2.05) is 26.2 Å². The zero-order valence-electron chi connectivity index (χ0n) is 21.4. The van der Waals surface area contributed by atoms with Crippen LogP contribution >= 0.6 is 11.8 Å². The molecule has 0 radical (unpaired) electrons. The van der Waals surface area contributed by atoms with Gasteiger partial charge in [0.2, 0.25) is 5.91 Å². The molecule has 9 nitrogen and oxygen atoms in total. The summed E-state index contributed by atoms with van der Waals surface area (Å²) >= 11 is 1.49. The van der Waals surface area contributed by atoms with Crippen molar-refractivity contribution in [2.24, 2.45) is 0 Å². The number of ether oxygens (including phenoxy) is 2. The van der Waals surface area contributed by atoms with Crippen LogP contribution in [-0.2, 0) is 23.9 Å². The number of esters is 1. The molecule has 0 aliphatic carbocycles. The van der Waals surface area contributed by atoms with E-state index < -0.39 is 48.1 Å². The Kier molecular flexibility index (Phi) is 11.6. The van der Waals surface area contributed by atoms with Gasteiger partial charge < -0.3 is 20.1 Å². The number of nitrogens with one attached hydrogen (secondary N) is 2.